The molecule has 1 rings (SSSR count). The van der Waals surface area contributed by atoms with Gasteiger partial charge in [0.1, 0.15) is 0 Å². The fourth-order valence-corrected chi connectivity index (χ4v) is 1.33. The lowest BCUT2D eigenvalue weighted by atomic mass is 10.1. The van der Waals surface area contributed by atoms with E-state index in [9.17, 15) is 0 Å². The van der Waals surface area contributed by atoms with Crippen LogP contribution in [0.3, 0.4) is 0 Å². The van der Waals surface area contributed by atoms with E-state index in [0.717, 1.165) is 19.4 Å². The van der Waals surface area contributed by atoms with Gasteiger partial charge in [0.05, 0.1) is 0 Å². The molecular formula is C11H17NO. The molecule has 0 aliphatic heterocycles. The van der Waals surface area contributed by atoms with Crippen molar-refractivity contribution in [2.75, 3.05) is 13.7 Å². The molecule has 0 aliphatic rings. The molecule has 0 aliphatic carbocycles. The standard InChI is InChI=1S/C11H17NO/c1-13-7-3-6-10-4-2-5-11(8-10)9-12/h2,4-5,8H,3,6-7,9,12H2,1H3. The van der Waals surface area contributed by atoms with E-state index < -0.39 is 0 Å². The SMILES string of the molecule is COCCCc1cccc(CN)c1. The maximum Gasteiger partial charge on any atom is 0.0465 e. The third-order valence-electron chi connectivity index (χ3n) is 2.04. The predicted molar refractivity (Wildman–Crippen MR) is 54.5 cm³/mol. The first-order valence-corrected chi connectivity index (χ1v) is 4.63. The highest BCUT2D eigenvalue weighted by Gasteiger charge is 1.94. The second-order valence-electron chi connectivity index (χ2n) is 3.12. The van der Waals surface area contributed by atoms with Crippen LogP contribution in [-0.4, -0.2) is 13.7 Å². The molecule has 0 atom stereocenters. The van der Waals surface area contributed by atoms with Gasteiger partial charge in [0.2, 0.25) is 0 Å². The first-order valence-electron chi connectivity index (χ1n) is 4.63. The van der Waals surface area contributed by atoms with Gasteiger partial charge < -0.3 is 10.5 Å². The zero-order valence-electron chi connectivity index (χ0n) is 8.12. The van der Waals surface area contributed by atoms with E-state index in [1.165, 1.54) is 11.1 Å². The van der Waals surface area contributed by atoms with E-state index in [2.05, 4.69) is 24.3 Å². The van der Waals surface area contributed by atoms with Crippen molar-refractivity contribution < 1.29 is 4.74 Å². The maximum absolute atomic E-state index is 5.55. The molecule has 0 bridgehead atoms. The molecule has 0 fully saturated rings. The van der Waals surface area contributed by atoms with Crippen LogP contribution in [0.4, 0.5) is 0 Å². The van der Waals surface area contributed by atoms with Crippen LogP contribution in [0, 0.1) is 0 Å². The fourth-order valence-electron chi connectivity index (χ4n) is 1.33. The fraction of sp³-hybridized carbons (Fsp3) is 0.455. The normalized spacial score (nSPS) is 10.3. The molecule has 0 unspecified atom stereocenters. The molecule has 13 heavy (non-hydrogen) atoms. The molecule has 0 amide bonds. The Morgan fingerprint density at radius 3 is 2.77 bits per heavy atom. The van der Waals surface area contributed by atoms with Crippen molar-refractivity contribution in [1.29, 1.82) is 0 Å². The predicted octanol–water partition coefficient (Wildman–Crippen LogP) is 1.72. The average molecular weight is 179 g/mol. The first kappa shape index (κ1) is 10.2. The van der Waals surface area contributed by atoms with E-state index in [-0.39, 0.29) is 0 Å². The van der Waals surface area contributed by atoms with Crippen LogP contribution in [0.25, 0.3) is 0 Å². The quantitative estimate of drug-likeness (QED) is 0.698. The van der Waals surface area contributed by atoms with Crippen molar-refractivity contribution in [3.63, 3.8) is 0 Å². The van der Waals surface area contributed by atoms with Gasteiger partial charge in [-0.25, -0.2) is 0 Å². The van der Waals surface area contributed by atoms with Crippen molar-refractivity contribution in [2.24, 2.45) is 5.73 Å². The molecule has 0 aromatic heterocycles. The van der Waals surface area contributed by atoms with Crippen molar-refractivity contribution in [3.8, 4) is 0 Å². The summed E-state index contributed by atoms with van der Waals surface area (Å²) in [7, 11) is 1.73. The van der Waals surface area contributed by atoms with Gasteiger partial charge in [-0.1, -0.05) is 24.3 Å². The third-order valence-corrected chi connectivity index (χ3v) is 2.04. The second kappa shape index (κ2) is 5.73. The maximum atomic E-state index is 5.55. The highest BCUT2D eigenvalue weighted by atomic mass is 16.5. The van der Waals surface area contributed by atoms with Gasteiger partial charge in [-0.3, -0.25) is 0 Å². The smallest absolute Gasteiger partial charge is 0.0465 e. The van der Waals surface area contributed by atoms with E-state index in [0.29, 0.717) is 6.54 Å². The lowest BCUT2D eigenvalue weighted by Crippen LogP contribution is -1.98. The molecule has 72 valence electrons. The summed E-state index contributed by atoms with van der Waals surface area (Å²) in [6.45, 7) is 1.45. The summed E-state index contributed by atoms with van der Waals surface area (Å²) in [5, 5.41) is 0. The van der Waals surface area contributed by atoms with Crippen LogP contribution in [0.15, 0.2) is 24.3 Å². The number of aryl methyl sites for hydroxylation is 1. The Labute approximate surface area is 79.7 Å². The highest BCUT2D eigenvalue weighted by molar-refractivity contribution is 5.23. The number of methoxy groups -OCH3 is 1. The van der Waals surface area contributed by atoms with Gasteiger partial charge in [-0.05, 0) is 24.0 Å². The van der Waals surface area contributed by atoms with Gasteiger partial charge in [-0.15, -0.1) is 0 Å². The van der Waals surface area contributed by atoms with Crippen LogP contribution in [0.5, 0.6) is 0 Å². The molecule has 0 saturated carbocycles. The summed E-state index contributed by atoms with van der Waals surface area (Å²) in [5.74, 6) is 0. The van der Waals surface area contributed by atoms with Crippen LogP contribution in [0.2, 0.25) is 0 Å². The molecule has 0 heterocycles. The van der Waals surface area contributed by atoms with Crippen molar-refractivity contribution in [1.82, 2.24) is 0 Å². The van der Waals surface area contributed by atoms with Crippen LogP contribution < -0.4 is 5.73 Å². The minimum Gasteiger partial charge on any atom is -0.385 e. The average Bonchev–Trinajstić information content (AvgIpc) is 2.19. The number of benzene rings is 1. The Morgan fingerprint density at radius 1 is 1.31 bits per heavy atom. The number of ether oxygens (including phenoxy) is 1. The molecular weight excluding hydrogens is 162 g/mol. The molecule has 0 saturated heterocycles. The summed E-state index contributed by atoms with van der Waals surface area (Å²) < 4.78 is 5.00. The van der Waals surface area contributed by atoms with E-state index in [1.54, 1.807) is 7.11 Å². The minimum atomic E-state index is 0.623. The third kappa shape index (κ3) is 3.57. The Hall–Kier alpha value is -0.860. The van der Waals surface area contributed by atoms with Crippen molar-refractivity contribution in [3.05, 3.63) is 35.4 Å². The van der Waals surface area contributed by atoms with Crippen LogP contribution >= 0.6 is 0 Å². The Morgan fingerprint density at radius 2 is 2.08 bits per heavy atom. The van der Waals surface area contributed by atoms with E-state index >= 15 is 0 Å². The largest absolute Gasteiger partial charge is 0.385 e. The summed E-state index contributed by atoms with van der Waals surface area (Å²) in [6, 6.07) is 8.41. The summed E-state index contributed by atoms with van der Waals surface area (Å²) in [4.78, 5) is 0. The summed E-state index contributed by atoms with van der Waals surface area (Å²) in [6.07, 6.45) is 2.15. The van der Waals surface area contributed by atoms with Crippen molar-refractivity contribution >= 4 is 0 Å². The van der Waals surface area contributed by atoms with Gasteiger partial charge in [-0.2, -0.15) is 0 Å². The molecule has 2 heteroatoms. The topological polar surface area (TPSA) is 35.2 Å². The molecule has 0 radical (unpaired) electrons. The Kier molecular flexibility index (Phi) is 4.50. The van der Waals surface area contributed by atoms with Gasteiger partial charge in [0, 0.05) is 20.3 Å². The number of hydrogen-bond acceptors (Lipinski definition) is 2. The zero-order valence-corrected chi connectivity index (χ0v) is 8.12. The molecule has 2 N–H and O–H groups in total. The molecule has 1 aromatic rings. The van der Waals surface area contributed by atoms with Gasteiger partial charge >= 0.3 is 0 Å². The summed E-state index contributed by atoms with van der Waals surface area (Å²) >= 11 is 0. The van der Waals surface area contributed by atoms with Crippen LogP contribution in [-0.2, 0) is 17.7 Å². The number of rotatable bonds is 5. The van der Waals surface area contributed by atoms with E-state index in [1.807, 2.05) is 0 Å². The van der Waals surface area contributed by atoms with Crippen LogP contribution in [0.1, 0.15) is 17.5 Å². The number of hydrogen-bond donors (Lipinski definition) is 1. The van der Waals surface area contributed by atoms with Gasteiger partial charge in [0.25, 0.3) is 0 Å². The highest BCUT2D eigenvalue weighted by Crippen LogP contribution is 2.06. The zero-order chi connectivity index (χ0) is 9.52. The van der Waals surface area contributed by atoms with E-state index in [4.69, 9.17) is 10.5 Å². The van der Waals surface area contributed by atoms with Crippen molar-refractivity contribution in [2.45, 2.75) is 19.4 Å². The Balaban J connectivity index is 2.46. The molecule has 0 spiro atoms. The number of nitrogens with two attached hydrogens (primary N) is 1. The minimum absolute atomic E-state index is 0.623. The monoisotopic (exact) mass is 179 g/mol. The summed E-state index contributed by atoms with van der Waals surface area (Å²) in [5.41, 5.74) is 8.10. The lowest BCUT2D eigenvalue weighted by molar-refractivity contribution is 0.195. The molecule has 1 aromatic carbocycles. The second-order valence-corrected chi connectivity index (χ2v) is 3.12. The molecule has 2 nitrogen and oxygen atoms in total. The Bertz CT molecular complexity index is 248. The van der Waals surface area contributed by atoms with Gasteiger partial charge in [0.15, 0.2) is 0 Å². The first-order chi connectivity index (χ1) is 6.36. The lowest BCUT2D eigenvalue weighted by Gasteiger charge is -2.02.